The average Bonchev–Trinajstić information content (AvgIpc) is 3.35. The predicted octanol–water partition coefficient (Wildman–Crippen LogP) is 1.92. The minimum absolute atomic E-state index is 0.0121. The monoisotopic (exact) mass is 1080 g/mol. The summed E-state index contributed by atoms with van der Waals surface area (Å²) in [5.74, 6) is -7.86. The van der Waals surface area contributed by atoms with E-state index in [1.54, 1.807) is 41.5 Å². The molecule has 0 bridgehead atoms. The lowest BCUT2D eigenvalue weighted by atomic mass is 10.3. The Morgan fingerprint density at radius 3 is 0.507 bits per heavy atom. The number of rotatable bonds is 32. The highest BCUT2D eigenvalue weighted by Crippen LogP contribution is 2.02. The van der Waals surface area contributed by atoms with Crippen molar-refractivity contribution >= 4 is 71.6 Å². The van der Waals surface area contributed by atoms with Crippen molar-refractivity contribution in [2.45, 2.75) is 69.2 Å². The van der Waals surface area contributed by atoms with Crippen molar-refractivity contribution in [2.24, 2.45) is 0 Å². The molecular weight excluding hydrogens is 1010 g/mol. The Labute approximate surface area is 436 Å². The Morgan fingerprint density at radius 1 is 0.227 bits per heavy atom. The second kappa shape index (κ2) is 52.8. The van der Waals surface area contributed by atoms with Gasteiger partial charge in [-0.05, 0) is 41.5 Å². The molecule has 0 fully saturated rings. The van der Waals surface area contributed by atoms with Crippen LogP contribution in [0.4, 0.5) is 0 Å². The molecule has 0 rings (SSSR count). The lowest BCUT2D eigenvalue weighted by molar-refractivity contribution is -0.150. The largest absolute Gasteiger partial charge is 0.466 e. The molecule has 0 aliphatic heterocycles. The smallest absolute Gasteiger partial charge is 0.345 e. The molecule has 0 amide bonds. The van der Waals surface area contributed by atoms with E-state index in [0.717, 1.165) is 0 Å². The summed E-state index contributed by atoms with van der Waals surface area (Å²) < 4.78 is 70.4. The van der Waals surface area contributed by atoms with Crippen LogP contribution in [0.25, 0.3) is 0 Å². The van der Waals surface area contributed by atoms with Gasteiger partial charge in [0.2, 0.25) is 0 Å². The van der Waals surface area contributed by atoms with Crippen LogP contribution in [0.5, 0.6) is 0 Å². The molecule has 428 valence electrons. The van der Waals surface area contributed by atoms with Crippen molar-refractivity contribution in [3.63, 3.8) is 0 Å². The summed E-state index contributed by atoms with van der Waals surface area (Å²) in [4.78, 5) is 130. The highest BCUT2D eigenvalue weighted by atomic mass is 16.6. The van der Waals surface area contributed by atoms with E-state index >= 15 is 0 Å². The highest BCUT2D eigenvalue weighted by molar-refractivity contribution is 6.15. The first-order valence-electron chi connectivity index (χ1n) is 22.8. The maximum Gasteiger partial charge on any atom is 0.345 e. The van der Waals surface area contributed by atoms with Crippen LogP contribution in [0.1, 0.15) is 69.2 Å². The SMILES string of the molecule is C=C(C(=O)OCC)C(=O)OCC.C=C(C(=O)OCC)C(=O)OCCOCCOC(=O)C(=C)C(=O)OCC.C=C(C(=O)OCC)C(=O)OCCOCCOC(C)=O.CC(=O)OCCOCCOC(C)=O.CCOC(C)=O. The molecule has 0 saturated heterocycles. The molecule has 27 nitrogen and oxygen atoms in total. The van der Waals surface area contributed by atoms with E-state index < -0.39 is 58.9 Å². The molecule has 0 unspecified atom stereocenters. The van der Waals surface area contributed by atoms with Gasteiger partial charge in [0.15, 0.2) is 0 Å². The van der Waals surface area contributed by atoms with E-state index in [-0.39, 0.29) is 134 Å². The molecule has 0 heterocycles. The summed E-state index contributed by atoms with van der Waals surface area (Å²) in [6.07, 6.45) is 0. The van der Waals surface area contributed by atoms with Gasteiger partial charge in [0.05, 0.1) is 79.3 Å². The molecule has 0 saturated carbocycles. The van der Waals surface area contributed by atoms with E-state index in [4.69, 9.17) is 28.4 Å². The fourth-order valence-corrected chi connectivity index (χ4v) is 3.51. The molecule has 0 N–H and O–H groups in total. The number of hydrogen-bond acceptors (Lipinski definition) is 27. The summed E-state index contributed by atoms with van der Waals surface area (Å²) in [5.41, 5.74) is -1.44. The van der Waals surface area contributed by atoms with E-state index in [1.165, 1.54) is 27.7 Å². The first-order chi connectivity index (χ1) is 35.4. The number of carbonyl (C=O) groups excluding carboxylic acids is 12. The Morgan fingerprint density at radius 2 is 0.373 bits per heavy atom. The quantitative estimate of drug-likeness (QED) is 0.0232. The van der Waals surface area contributed by atoms with Crippen LogP contribution >= 0.6 is 0 Å². The van der Waals surface area contributed by atoms with Crippen molar-refractivity contribution < 1.29 is 129 Å². The van der Waals surface area contributed by atoms with Gasteiger partial charge in [0, 0.05) is 27.7 Å². The molecule has 75 heavy (non-hydrogen) atoms. The van der Waals surface area contributed by atoms with Crippen LogP contribution in [0.3, 0.4) is 0 Å². The molecule has 0 radical (unpaired) electrons. The third kappa shape index (κ3) is 52.6. The van der Waals surface area contributed by atoms with Gasteiger partial charge in [-0.15, -0.1) is 0 Å². The van der Waals surface area contributed by atoms with Crippen LogP contribution in [-0.2, 0) is 129 Å². The summed E-state index contributed by atoms with van der Waals surface area (Å²) in [5, 5.41) is 0. The molecule has 0 spiro atoms. The van der Waals surface area contributed by atoms with Crippen molar-refractivity contribution in [3.05, 3.63) is 48.6 Å². The molecule has 27 heteroatoms. The van der Waals surface area contributed by atoms with Gasteiger partial charge in [0.1, 0.15) is 61.9 Å². The van der Waals surface area contributed by atoms with Gasteiger partial charge in [-0.3, -0.25) is 19.2 Å². The minimum Gasteiger partial charge on any atom is -0.466 e. The summed E-state index contributed by atoms with van der Waals surface area (Å²) in [6, 6.07) is 0. The van der Waals surface area contributed by atoms with Gasteiger partial charge in [-0.25, -0.2) is 38.4 Å². The van der Waals surface area contributed by atoms with Crippen molar-refractivity contribution in [2.75, 3.05) is 119 Å². The minimum atomic E-state index is -0.904. The van der Waals surface area contributed by atoms with Gasteiger partial charge in [-0.1, -0.05) is 26.3 Å². The third-order valence-electron chi connectivity index (χ3n) is 6.68. The lowest BCUT2D eigenvalue weighted by Crippen LogP contribution is -2.21. The standard InChI is InChI=1S/C16H22O9.C12H18O7.C8H14O5.C8H12O4.C4H8O2/c1-5-22-13(17)11(3)15(19)24-9-7-21-8-10-25-16(20)12(4)14(18)23-6-2;1-4-17-11(14)9(2)12(15)19-8-6-16-5-7-18-10(3)13;1-7(9)12-5-3-11-4-6-13-8(2)10;1-4-11-7(9)6(3)8(10)12-5-2;1-3-6-4(2)5/h3-10H2,1-2H3;2,4-8H2,1,3H3;3-6H2,1-2H3;3-5H2,1-2H3;3H2,1-2H3. The normalized spacial score (nSPS) is 9.31. The van der Waals surface area contributed by atoms with Crippen LogP contribution in [0, 0.1) is 0 Å². The molecule has 0 aliphatic rings. The third-order valence-corrected chi connectivity index (χ3v) is 6.68. The Hall–Kier alpha value is -7.52. The zero-order valence-corrected chi connectivity index (χ0v) is 44.6. The number of esters is 12. The highest BCUT2D eigenvalue weighted by Gasteiger charge is 2.21. The topological polar surface area (TPSA) is 343 Å². The average molecular weight is 1080 g/mol. The molecule has 0 aromatic carbocycles. The van der Waals surface area contributed by atoms with Gasteiger partial charge in [-0.2, -0.15) is 0 Å². The summed E-state index contributed by atoms with van der Waals surface area (Å²) in [7, 11) is 0. The number of carbonyl (C=O) groups is 12. The van der Waals surface area contributed by atoms with Crippen LogP contribution in [0.15, 0.2) is 48.6 Å². The van der Waals surface area contributed by atoms with E-state index in [0.29, 0.717) is 19.8 Å². The zero-order chi connectivity index (χ0) is 58.6. The fraction of sp³-hybridized carbons (Fsp3) is 0.583. The van der Waals surface area contributed by atoms with Gasteiger partial charge in [0.25, 0.3) is 0 Å². The second-order valence-corrected chi connectivity index (χ2v) is 12.7. The van der Waals surface area contributed by atoms with E-state index in [2.05, 4.69) is 68.9 Å². The Kier molecular flexibility index (Phi) is 53.8. The summed E-state index contributed by atoms with van der Waals surface area (Å²) >= 11 is 0. The first-order valence-corrected chi connectivity index (χ1v) is 22.8. The van der Waals surface area contributed by atoms with Crippen molar-refractivity contribution in [1.29, 1.82) is 0 Å². The van der Waals surface area contributed by atoms with Crippen molar-refractivity contribution in [3.8, 4) is 0 Å². The van der Waals surface area contributed by atoms with Gasteiger partial charge < -0.3 is 71.1 Å². The predicted molar refractivity (Wildman–Crippen MR) is 257 cm³/mol. The second-order valence-electron chi connectivity index (χ2n) is 12.7. The molecule has 0 aromatic rings. The molecule has 0 aliphatic carbocycles. The van der Waals surface area contributed by atoms with E-state index in [9.17, 15) is 57.5 Å². The lowest BCUT2D eigenvalue weighted by Gasteiger charge is -2.08. The maximum atomic E-state index is 11.4. The molecule has 0 aromatic heterocycles. The molecular formula is C48H74O27. The number of ether oxygens (including phenoxy) is 15. The Bertz CT molecular complexity index is 1730. The Balaban J connectivity index is -0.000000290. The van der Waals surface area contributed by atoms with Crippen molar-refractivity contribution in [1.82, 2.24) is 0 Å². The van der Waals surface area contributed by atoms with Gasteiger partial charge >= 0.3 is 71.6 Å². The zero-order valence-electron chi connectivity index (χ0n) is 44.6. The first kappa shape index (κ1) is 76.4. The van der Waals surface area contributed by atoms with Crippen LogP contribution in [-0.4, -0.2) is 191 Å². The van der Waals surface area contributed by atoms with E-state index in [1.807, 2.05) is 0 Å². The molecule has 0 atom stereocenters. The van der Waals surface area contributed by atoms with Crippen LogP contribution < -0.4 is 0 Å². The van der Waals surface area contributed by atoms with Crippen LogP contribution in [0.2, 0.25) is 0 Å². The fourth-order valence-electron chi connectivity index (χ4n) is 3.51. The summed E-state index contributed by atoms with van der Waals surface area (Å²) in [6.45, 7) is 30.9. The maximum absolute atomic E-state index is 11.4. The number of hydrogen-bond donors (Lipinski definition) is 0.